The van der Waals surface area contributed by atoms with E-state index in [9.17, 15) is 30.3 Å². The van der Waals surface area contributed by atoms with Crippen LogP contribution in [0.2, 0.25) is 0 Å². The Bertz CT molecular complexity index is 257. The van der Waals surface area contributed by atoms with Crippen LogP contribution in [0.1, 0.15) is 0 Å². The molecule has 1 aliphatic heterocycles. The second-order valence-electron chi connectivity index (χ2n) is 2.66. The monoisotopic (exact) mass is 270 g/mol. The summed E-state index contributed by atoms with van der Waals surface area (Å²) in [6.45, 7) is -1.78. The van der Waals surface area contributed by atoms with Crippen LogP contribution in [0.3, 0.4) is 0 Å². The minimum Gasteiger partial charge on any atom is -0.235 e. The molecule has 0 atom stereocenters. The Morgan fingerprint density at radius 3 is 1.00 bits per heavy atom. The van der Waals surface area contributed by atoms with E-state index in [1.165, 1.54) is 0 Å². The van der Waals surface area contributed by atoms with Gasteiger partial charge in [0.25, 0.3) is 0 Å². The molecule has 1 aliphatic rings. The molecule has 0 amide bonds. The van der Waals surface area contributed by atoms with E-state index < -0.39 is 35.1 Å². The minimum atomic E-state index is -0.924. The topological polar surface area (TPSA) is 139 Å². The Labute approximate surface area is 103 Å². The molecule has 13 heteroatoms. The van der Waals surface area contributed by atoms with Crippen LogP contribution >= 0.6 is 0 Å². The van der Waals surface area contributed by atoms with E-state index in [0.717, 1.165) is 0 Å². The zero-order valence-corrected chi connectivity index (χ0v) is 9.32. The fourth-order valence-corrected chi connectivity index (χ4v) is 1.01. The summed E-state index contributed by atoms with van der Waals surface area (Å²) in [4.78, 5) is 31.0. The standard InChI is InChI=1S/C3H6N6O6.Ti/c10-7(11)4-1-5(8(12)13)3-6(2-4)9(14)15;/h1-3H2;/q;+4. The van der Waals surface area contributed by atoms with Gasteiger partial charge in [-0.2, -0.15) is 0 Å². The molecule has 84 valence electrons. The van der Waals surface area contributed by atoms with E-state index in [-0.39, 0.29) is 21.7 Å². The van der Waals surface area contributed by atoms with Gasteiger partial charge < -0.3 is 0 Å². The van der Waals surface area contributed by atoms with E-state index >= 15 is 0 Å². The van der Waals surface area contributed by atoms with Crippen molar-refractivity contribution in [2.24, 2.45) is 0 Å². The van der Waals surface area contributed by atoms with Gasteiger partial charge in [-0.05, 0) is 0 Å². The Hall–Kier alpha value is -1.69. The summed E-state index contributed by atoms with van der Waals surface area (Å²) >= 11 is 0. The fraction of sp³-hybridized carbons (Fsp3) is 1.00. The molecule has 0 saturated carbocycles. The largest absolute Gasteiger partial charge is 4.00 e. The van der Waals surface area contributed by atoms with Gasteiger partial charge >= 0.3 is 21.7 Å². The first-order valence-electron chi connectivity index (χ1n) is 3.59. The van der Waals surface area contributed by atoms with Crippen LogP contribution in [0.5, 0.6) is 0 Å². The molecule has 1 saturated heterocycles. The summed E-state index contributed by atoms with van der Waals surface area (Å²) in [7, 11) is 0. The summed E-state index contributed by atoms with van der Waals surface area (Å²) in [5, 5.41) is 29.3. The average Bonchev–Trinajstić information content (AvgIpc) is 2.16. The normalized spacial score (nSPS) is 15.4. The van der Waals surface area contributed by atoms with Crippen molar-refractivity contribution in [2.75, 3.05) is 20.0 Å². The van der Waals surface area contributed by atoms with Crippen LogP contribution in [0, 0.1) is 30.3 Å². The molecular formula is C3H6N6O6Ti+4. The van der Waals surface area contributed by atoms with Gasteiger partial charge in [-0.25, -0.2) is 30.3 Å². The predicted molar refractivity (Wildman–Crippen MR) is 41.1 cm³/mol. The van der Waals surface area contributed by atoms with E-state index in [4.69, 9.17) is 0 Å². The first-order valence-corrected chi connectivity index (χ1v) is 3.59. The number of hydrogen-bond donors (Lipinski definition) is 0. The Morgan fingerprint density at radius 2 is 0.875 bits per heavy atom. The molecule has 0 aliphatic carbocycles. The number of nitrogens with zero attached hydrogens (tertiary/aromatic N) is 6. The van der Waals surface area contributed by atoms with E-state index in [1.54, 1.807) is 0 Å². The van der Waals surface area contributed by atoms with E-state index in [1.807, 2.05) is 0 Å². The maximum absolute atomic E-state index is 10.3. The van der Waals surface area contributed by atoms with Gasteiger partial charge in [-0.3, -0.25) is 0 Å². The van der Waals surface area contributed by atoms with Crippen molar-refractivity contribution < 1.29 is 36.8 Å². The molecule has 16 heavy (non-hydrogen) atoms. The number of hydrazine groups is 3. The van der Waals surface area contributed by atoms with Crippen LogP contribution < -0.4 is 0 Å². The SMILES string of the molecule is O=[N+]([O-])N1CN([N+](=O)[O-])CN([N+](=O)[O-])C1.[Ti+4]. The van der Waals surface area contributed by atoms with Crippen molar-refractivity contribution in [2.45, 2.75) is 0 Å². The summed E-state index contributed by atoms with van der Waals surface area (Å²) in [5.74, 6) is 0. The van der Waals surface area contributed by atoms with Gasteiger partial charge in [-0.1, -0.05) is 15.0 Å². The van der Waals surface area contributed by atoms with Crippen molar-refractivity contribution >= 4 is 0 Å². The van der Waals surface area contributed by atoms with Crippen LogP contribution in [-0.4, -0.2) is 50.1 Å². The van der Waals surface area contributed by atoms with Gasteiger partial charge in [0, 0.05) is 0 Å². The number of rotatable bonds is 3. The van der Waals surface area contributed by atoms with Crippen LogP contribution in [0.25, 0.3) is 0 Å². The minimum absolute atomic E-state index is 0. The van der Waals surface area contributed by atoms with Crippen molar-refractivity contribution in [3.63, 3.8) is 0 Å². The summed E-state index contributed by atoms with van der Waals surface area (Å²) in [6, 6.07) is 0. The van der Waals surface area contributed by atoms with Crippen molar-refractivity contribution in [3.05, 3.63) is 30.3 Å². The third-order valence-corrected chi connectivity index (χ3v) is 1.67. The molecule has 0 aromatic rings. The molecule has 0 N–H and O–H groups in total. The first kappa shape index (κ1) is 14.3. The number of nitro groups is 3. The van der Waals surface area contributed by atoms with Gasteiger partial charge in [0.2, 0.25) is 20.0 Å². The van der Waals surface area contributed by atoms with Crippen LogP contribution in [-0.2, 0) is 21.7 Å². The molecule has 0 aromatic heterocycles. The molecule has 1 rings (SSSR count). The van der Waals surface area contributed by atoms with Gasteiger partial charge in [0.15, 0.2) is 15.1 Å². The quantitative estimate of drug-likeness (QED) is 0.335. The Kier molecular flexibility index (Phi) is 4.84. The fourth-order valence-electron chi connectivity index (χ4n) is 1.01. The van der Waals surface area contributed by atoms with Crippen LogP contribution in [0.15, 0.2) is 0 Å². The van der Waals surface area contributed by atoms with Gasteiger partial charge in [0.1, 0.15) is 0 Å². The molecule has 1 heterocycles. The third-order valence-electron chi connectivity index (χ3n) is 1.67. The summed E-state index contributed by atoms with van der Waals surface area (Å²) in [6.07, 6.45) is 0. The van der Waals surface area contributed by atoms with E-state index in [2.05, 4.69) is 0 Å². The molecule has 1 fully saturated rings. The summed E-state index contributed by atoms with van der Waals surface area (Å²) < 4.78 is 0. The second-order valence-corrected chi connectivity index (χ2v) is 2.66. The number of hydrogen-bond acceptors (Lipinski definition) is 6. The average molecular weight is 270 g/mol. The smallest absolute Gasteiger partial charge is 0.235 e. The molecule has 12 nitrogen and oxygen atoms in total. The molecule has 0 radical (unpaired) electrons. The van der Waals surface area contributed by atoms with Gasteiger partial charge in [0.05, 0.1) is 0 Å². The Balaban J connectivity index is 0.00000225. The summed E-state index contributed by atoms with van der Waals surface area (Å²) in [5.41, 5.74) is 0. The Morgan fingerprint density at radius 1 is 0.688 bits per heavy atom. The van der Waals surface area contributed by atoms with E-state index in [0.29, 0.717) is 15.0 Å². The molecule has 0 bridgehead atoms. The maximum Gasteiger partial charge on any atom is 4.00 e. The molecule has 0 spiro atoms. The van der Waals surface area contributed by atoms with Crippen molar-refractivity contribution in [1.29, 1.82) is 0 Å². The first-order chi connectivity index (χ1) is 6.91. The molecular weight excluding hydrogens is 264 g/mol. The van der Waals surface area contributed by atoms with Crippen molar-refractivity contribution in [3.8, 4) is 0 Å². The van der Waals surface area contributed by atoms with Crippen molar-refractivity contribution in [1.82, 2.24) is 15.0 Å². The molecule has 0 unspecified atom stereocenters. The zero-order chi connectivity index (χ0) is 11.6. The predicted octanol–water partition coefficient (Wildman–Crippen LogP) is -1.65. The third kappa shape index (κ3) is 3.17. The maximum atomic E-state index is 10.3. The zero-order valence-electron chi connectivity index (χ0n) is 7.75. The second kappa shape index (κ2) is 5.41. The van der Waals surface area contributed by atoms with Gasteiger partial charge in [-0.15, -0.1) is 0 Å². The van der Waals surface area contributed by atoms with Crippen LogP contribution in [0.4, 0.5) is 0 Å². The molecule has 0 aromatic carbocycles.